The van der Waals surface area contributed by atoms with Gasteiger partial charge in [0.1, 0.15) is 0 Å². The molecule has 0 radical (unpaired) electrons. The Kier molecular flexibility index (Phi) is 4.45. The molecule has 0 atom stereocenters. The van der Waals surface area contributed by atoms with Crippen LogP contribution in [0.5, 0.6) is 0 Å². The number of methoxy groups -OCH3 is 1. The van der Waals surface area contributed by atoms with Crippen molar-refractivity contribution in [3.05, 3.63) is 0 Å². The lowest BCUT2D eigenvalue weighted by Gasteiger charge is -2.33. The van der Waals surface area contributed by atoms with Crippen molar-refractivity contribution < 1.29 is 4.74 Å². The van der Waals surface area contributed by atoms with Crippen LogP contribution in [0.3, 0.4) is 0 Å². The third-order valence-electron chi connectivity index (χ3n) is 4.31. The third kappa shape index (κ3) is 4.23. The first-order valence-electron chi connectivity index (χ1n) is 7.13. The molecule has 3 heteroatoms. The van der Waals surface area contributed by atoms with Gasteiger partial charge in [0.2, 0.25) is 0 Å². The lowest BCUT2D eigenvalue weighted by molar-refractivity contribution is 0.0148. The highest BCUT2D eigenvalue weighted by molar-refractivity contribution is 4.88. The highest BCUT2D eigenvalue weighted by atomic mass is 16.5. The molecule has 1 aliphatic carbocycles. The van der Waals surface area contributed by atoms with Gasteiger partial charge in [-0.2, -0.15) is 0 Å². The minimum absolute atomic E-state index is 0.0156. The van der Waals surface area contributed by atoms with E-state index >= 15 is 0 Å². The molecule has 0 bridgehead atoms. The van der Waals surface area contributed by atoms with E-state index in [0.717, 1.165) is 25.0 Å². The molecule has 2 rings (SSSR count). The SMILES string of the molecule is COC(C)(C)CCNC1CCN(C2CC2)CC1. The van der Waals surface area contributed by atoms with Crippen molar-refractivity contribution >= 4 is 0 Å². The zero-order valence-corrected chi connectivity index (χ0v) is 11.7. The van der Waals surface area contributed by atoms with Gasteiger partial charge in [0, 0.05) is 19.2 Å². The maximum atomic E-state index is 5.44. The summed E-state index contributed by atoms with van der Waals surface area (Å²) >= 11 is 0. The quantitative estimate of drug-likeness (QED) is 0.769. The van der Waals surface area contributed by atoms with E-state index in [2.05, 4.69) is 24.1 Å². The molecule has 0 unspecified atom stereocenters. The molecule has 0 aromatic carbocycles. The van der Waals surface area contributed by atoms with Crippen LogP contribution in [0, 0.1) is 0 Å². The number of likely N-dealkylation sites (tertiary alicyclic amines) is 1. The van der Waals surface area contributed by atoms with Gasteiger partial charge in [-0.3, -0.25) is 0 Å². The molecule has 2 fully saturated rings. The number of ether oxygens (including phenoxy) is 1. The van der Waals surface area contributed by atoms with E-state index in [1.54, 1.807) is 7.11 Å². The number of rotatable bonds is 6. The number of nitrogens with zero attached hydrogens (tertiary/aromatic N) is 1. The number of nitrogens with one attached hydrogen (secondary N) is 1. The van der Waals surface area contributed by atoms with Crippen LogP contribution < -0.4 is 5.32 Å². The van der Waals surface area contributed by atoms with Crippen molar-refractivity contribution in [1.82, 2.24) is 10.2 Å². The first-order chi connectivity index (χ1) is 8.11. The fraction of sp³-hybridized carbons (Fsp3) is 1.00. The largest absolute Gasteiger partial charge is 0.379 e. The minimum atomic E-state index is 0.0156. The van der Waals surface area contributed by atoms with Gasteiger partial charge in [0.15, 0.2) is 0 Å². The van der Waals surface area contributed by atoms with Crippen LogP contribution in [0.1, 0.15) is 46.0 Å². The van der Waals surface area contributed by atoms with E-state index in [0.29, 0.717) is 0 Å². The van der Waals surface area contributed by atoms with Crippen LogP contribution in [-0.4, -0.2) is 49.3 Å². The highest BCUT2D eigenvalue weighted by Gasteiger charge is 2.31. The summed E-state index contributed by atoms with van der Waals surface area (Å²) in [5.74, 6) is 0. The molecule has 2 aliphatic rings. The Morgan fingerprint density at radius 2 is 1.82 bits per heavy atom. The van der Waals surface area contributed by atoms with E-state index in [-0.39, 0.29) is 5.60 Å². The van der Waals surface area contributed by atoms with Crippen LogP contribution in [0.15, 0.2) is 0 Å². The normalized spacial score (nSPS) is 24.2. The topological polar surface area (TPSA) is 24.5 Å². The lowest BCUT2D eigenvalue weighted by atomic mass is 10.0. The van der Waals surface area contributed by atoms with Crippen LogP contribution in [-0.2, 0) is 4.74 Å². The monoisotopic (exact) mass is 240 g/mol. The van der Waals surface area contributed by atoms with Gasteiger partial charge in [-0.05, 0) is 65.6 Å². The second-order valence-electron chi connectivity index (χ2n) is 6.21. The molecule has 1 aliphatic heterocycles. The number of hydrogen-bond acceptors (Lipinski definition) is 3. The second kappa shape index (κ2) is 5.68. The molecular formula is C14H28N2O. The summed E-state index contributed by atoms with van der Waals surface area (Å²) in [6, 6.07) is 1.68. The Morgan fingerprint density at radius 1 is 1.18 bits per heavy atom. The molecule has 0 spiro atoms. The van der Waals surface area contributed by atoms with Gasteiger partial charge in [-0.15, -0.1) is 0 Å². The van der Waals surface area contributed by atoms with E-state index in [1.165, 1.54) is 38.8 Å². The predicted octanol–water partition coefficient (Wildman–Crippen LogP) is 2.02. The fourth-order valence-electron chi connectivity index (χ4n) is 2.59. The lowest BCUT2D eigenvalue weighted by Crippen LogP contribution is -2.44. The Labute approximate surface area is 106 Å². The Hall–Kier alpha value is -0.120. The van der Waals surface area contributed by atoms with Crippen molar-refractivity contribution in [3.63, 3.8) is 0 Å². The summed E-state index contributed by atoms with van der Waals surface area (Å²) < 4.78 is 5.44. The standard InChI is InChI=1S/C14H28N2O/c1-14(2,17-3)8-9-15-12-6-10-16(11-7-12)13-4-5-13/h12-13,15H,4-11H2,1-3H3. The van der Waals surface area contributed by atoms with Crippen molar-refractivity contribution in [3.8, 4) is 0 Å². The Balaban J connectivity index is 1.58. The predicted molar refractivity (Wildman–Crippen MR) is 71.3 cm³/mol. The van der Waals surface area contributed by atoms with Crippen LogP contribution in [0.25, 0.3) is 0 Å². The van der Waals surface area contributed by atoms with E-state index in [1.807, 2.05) is 0 Å². The Morgan fingerprint density at radius 3 is 2.35 bits per heavy atom. The smallest absolute Gasteiger partial charge is 0.0634 e. The number of hydrogen-bond donors (Lipinski definition) is 1. The summed E-state index contributed by atoms with van der Waals surface area (Å²) in [4.78, 5) is 2.68. The fourth-order valence-corrected chi connectivity index (χ4v) is 2.59. The zero-order chi connectivity index (χ0) is 12.3. The van der Waals surface area contributed by atoms with Gasteiger partial charge in [-0.25, -0.2) is 0 Å². The summed E-state index contributed by atoms with van der Waals surface area (Å²) in [6.07, 6.45) is 6.63. The minimum Gasteiger partial charge on any atom is -0.379 e. The number of piperidine rings is 1. The van der Waals surface area contributed by atoms with Crippen molar-refractivity contribution in [2.45, 2.75) is 63.6 Å². The molecule has 3 nitrogen and oxygen atoms in total. The van der Waals surface area contributed by atoms with Gasteiger partial charge in [0.05, 0.1) is 5.60 Å². The van der Waals surface area contributed by atoms with Crippen LogP contribution in [0.4, 0.5) is 0 Å². The van der Waals surface area contributed by atoms with E-state index in [4.69, 9.17) is 4.74 Å². The molecule has 17 heavy (non-hydrogen) atoms. The maximum absolute atomic E-state index is 5.44. The summed E-state index contributed by atoms with van der Waals surface area (Å²) in [5, 5.41) is 3.69. The molecule has 0 amide bonds. The highest BCUT2D eigenvalue weighted by Crippen LogP contribution is 2.29. The Bertz CT molecular complexity index is 230. The first kappa shape index (κ1) is 13.3. The molecular weight excluding hydrogens is 212 g/mol. The summed E-state index contributed by atoms with van der Waals surface area (Å²) in [5.41, 5.74) is 0.0156. The van der Waals surface area contributed by atoms with Crippen molar-refractivity contribution in [2.75, 3.05) is 26.7 Å². The third-order valence-corrected chi connectivity index (χ3v) is 4.31. The van der Waals surface area contributed by atoms with Gasteiger partial charge in [-0.1, -0.05) is 0 Å². The van der Waals surface area contributed by atoms with Crippen molar-refractivity contribution in [1.29, 1.82) is 0 Å². The van der Waals surface area contributed by atoms with Gasteiger partial charge >= 0.3 is 0 Å². The van der Waals surface area contributed by atoms with E-state index < -0.39 is 0 Å². The van der Waals surface area contributed by atoms with Gasteiger partial charge in [0.25, 0.3) is 0 Å². The van der Waals surface area contributed by atoms with Crippen molar-refractivity contribution in [2.24, 2.45) is 0 Å². The van der Waals surface area contributed by atoms with E-state index in [9.17, 15) is 0 Å². The molecule has 100 valence electrons. The second-order valence-corrected chi connectivity index (χ2v) is 6.21. The zero-order valence-electron chi connectivity index (χ0n) is 11.7. The van der Waals surface area contributed by atoms with Crippen LogP contribution in [0.2, 0.25) is 0 Å². The summed E-state index contributed by atoms with van der Waals surface area (Å²) in [6.45, 7) is 8.00. The molecule has 0 aromatic rings. The molecule has 1 heterocycles. The maximum Gasteiger partial charge on any atom is 0.0634 e. The molecule has 1 N–H and O–H groups in total. The average Bonchev–Trinajstić information content (AvgIpc) is 3.14. The molecule has 1 saturated heterocycles. The molecule has 0 aromatic heterocycles. The van der Waals surface area contributed by atoms with Gasteiger partial charge < -0.3 is 15.0 Å². The molecule has 1 saturated carbocycles. The first-order valence-corrected chi connectivity index (χ1v) is 7.13. The summed E-state index contributed by atoms with van der Waals surface area (Å²) in [7, 11) is 1.80. The average molecular weight is 240 g/mol. The van der Waals surface area contributed by atoms with Crippen LogP contribution >= 0.6 is 0 Å².